The smallest absolute Gasteiger partial charge is 0.235 e. The molecular weight excluding hydrogens is 1380 g/mol. The minimum Gasteiger partial charge on any atom is -0.278 e. The molecule has 0 fully saturated rings. The molecule has 18 aromatic carbocycles. The second-order valence-corrected chi connectivity index (χ2v) is 28.6. The van der Waals surface area contributed by atoms with Gasteiger partial charge in [0.2, 0.25) is 11.9 Å². The molecule has 4 aromatic heterocycles. The first-order chi connectivity index (χ1) is 59.3. The van der Waals surface area contributed by atoms with Gasteiger partial charge in [0, 0.05) is 37.9 Å². The van der Waals surface area contributed by atoms with Crippen molar-refractivity contribution in [1.29, 1.82) is 0 Å². The summed E-state index contributed by atoms with van der Waals surface area (Å²) >= 11 is 0. The largest absolute Gasteiger partial charge is 0.278 e. The monoisotopic (exact) mass is 1460 g/mol. The summed E-state index contributed by atoms with van der Waals surface area (Å²) in [6.45, 7) is 7.55. The molecule has 0 bridgehead atoms. The number of fused-ring (bicyclic) bond motifs is 11. The van der Waals surface area contributed by atoms with Gasteiger partial charge in [0.15, 0.2) is 5.69 Å². The second kappa shape index (κ2) is 28.2. The lowest BCUT2D eigenvalue weighted by atomic mass is 9.97. The predicted molar refractivity (Wildman–Crippen MR) is 475 cm³/mol. The Morgan fingerprint density at radius 2 is 0.579 bits per heavy atom. The summed E-state index contributed by atoms with van der Waals surface area (Å²) < 4.78 is 66.8. The molecule has 0 amide bonds. The molecular formula is C107H67N7. The van der Waals surface area contributed by atoms with E-state index in [2.05, 4.69) is 276 Å². The Bertz CT molecular complexity index is 7990. The molecule has 530 valence electrons. The summed E-state index contributed by atoms with van der Waals surface area (Å²) in [5, 5.41) is 9.97. The van der Waals surface area contributed by atoms with Crippen LogP contribution in [0, 0.1) is 6.57 Å². The molecule has 0 saturated carbocycles. The predicted octanol–water partition coefficient (Wildman–Crippen LogP) is 28.5. The van der Waals surface area contributed by atoms with Crippen LogP contribution >= 0.6 is 0 Å². The van der Waals surface area contributed by atoms with Crippen LogP contribution in [-0.2, 0) is 0 Å². The van der Waals surface area contributed by atoms with E-state index in [4.69, 9.17) is 33.4 Å². The zero-order valence-corrected chi connectivity index (χ0v) is 61.3. The van der Waals surface area contributed by atoms with E-state index in [1.54, 1.807) is 0 Å². The van der Waals surface area contributed by atoms with Crippen LogP contribution in [0.1, 0.15) is 9.60 Å². The topological polar surface area (TPSA) is 65.8 Å². The first-order valence-electron chi connectivity index (χ1n) is 41.4. The number of hydrogen-bond acceptors (Lipinski definition) is 4. The van der Waals surface area contributed by atoms with E-state index in [-0.39, 0.29) is 34.0 Å². The Balaban J connectivity index is 0.000000154. The molecule has 0 aliphatic heterocycles. The molecule has 0 atom stereocenters. The standard InChI is InChI=1S/C58H37N3.C49H30N4/c1-3-12-38(13-4-1)40-22-26-42(27-23-40)47-31-33-55-52(35-47)53-34-45-17-7-8-18-46(45)37-56(53)61(55)58-59-54-36-48(43-28-24-41(25-29-43)39-14-5-2-6-15-39)30-32-51(54)57(60-58)50-21-11-19-44-16-9-10-20-49(44)50;1-50-41-24-20-36(21-25-41)48-44-30-39(35-18-16-34(17-19-35)32-10-4-2-5-11-32)22-26-45(44)51-49(52-48)53-46-27-23-40(33-12-6-3-7-13-33)29-42(46)43-28-37-14-8-9-15-38(37)31-47(43)53/h1-37H;2-31H/i9D,10D,11D,16D,19D,20D,21D;. The summed E-state index contributed by atoms with van der Waals surface area (Å²) in [7, 11) is 0. The Morgan fingerprint density at radius 1 is 0.228 bits per heavy atom. The molecule has 114 heavy (non-hydrogen) atoms. The lowest BCUT2D eigenvalue weighted by Gasteiger charge is -2.14. The highest BCUT2D eigenvalue weighted by molar-refractivity contribution is 6.16. The Morgan fingerprint density at radius 3 is 1.06 bits per heavy atom. The fraction of sp³-hybridized carbons (Fsp3) is 0. The molecule has 22 rings (SSSR count). The van der Waals surface area contributed by atoms with Gasteiger partial charge in [-0.1, -0.05) is 333 Å². The van der Waals surface area contributed by atoms with Gasteiger partial charge < -0.3 is 0 Å². The highest BCUT2D eigenvalue weighted by Gasteiger charge is 2.23. The van der Waals surface area contributed by atoms with Gasteiger partial charge in [-0.3, -0.25) is 9.13 Å². The van der Waals surface area contributed by atoms with Crippen molar-refractivity contribution in [2.24, 2.45) is 0 Å². The Kier molecular flexibility index (Phi) is 14.7. The maximum Gasteiger partial charge on any atom is 0.235 e. The SMILES string of the molecule is [2H]c1c([2H])c([2H])c2c(-c3nc(-n4c5ccc(-c6ccc(-c7ccccc7)cc6)cc5c5cc6ccccc6cc54)nc4cc(-c5ccc(-c6ccccc6)cc5)ccc34)c([2H])c([2H])c([2H])c2c1[2H].[C-]#[N+]c1ccc(-c2nc(-n3c4ccc(-c5ccccc5)cc4c4cc5ccccc5cc43)nc3ccc(-c4ccc(-c5ccccc5)cc4)cc23)cc1. The van der Waals surface area contributed by atoms with Crippen LogP contribution in [0.15, 0.2) is 406 Å². The third-order valence-corrected chi connectivity index (χ3v) is 21.9. The first-order valence-corrected chi connectivity index (χ1v) is 37.9. The van der Waals surface area contributed by atoms with Gasteiger partial charge in [0.1, 0.15) is 0 Å². The summed E-state index contributed by atoms with van der Waals surface area (Å²) in [4.78, 5) is 25.0. The third kappa shape index (κ3) is 12.1. The van der Waals surface area contributed by atoms with E-state index >= 15 is 0 Å². The van der Waals surface area contributed by atoms with Crippen LogP contribution in [0.25, 0.3) is 215 Å². The number of rotatable bonds is 11. The van der Waals surface area contributed by atoms with Crippen molar-refractivity contribution >= 4 is 103 Å². The summed E-state index contributed by atoms with van der Waals surface area (Å²) in [6, 6.07) is 122. The molecule has 7 nitrogen and oxygen atoms in total. The van der Waals surface area contributed by atoms with E-state index in [1.165, 1.54) is 22.1 Å². The zero-order valence-electron chi connectivity index (χ0n) is 68.3. The second-order valence-electron chi connectivity index (χ2n) is 28.6. The van der Waals surface area contributed by atoms with Gasteiger partial charge in [0.05, 0.1) is 60.7 Å². The molecule has 22 aromatic rings. The Labute approximate surface area is 668 Å². The molecule has 4 heterocycles. The Hall–Kier alpha value is -15.5. The van der Waals surface area contributed by atoms with Crippen LogP contribution in [0.5, 0.6) is 0 Å². The van der Waals surface area contributed by atoms with E-state index < -0.39 is 36.3 Å². The number of hydrogen-bond donors (Lipinski definition) is 0. The number of nitrogens with zero attached hydrogens (tertiary/aromatic N) is 7. The quantitative estimate of drug-likeness (QED) is 0.121. The van der Waals surface area contributed by atoms with Gasteiger partial charge in [-0.05, 0) is 189 Å². The number of aromatic nitrogens is 6. The summed E-state index contributed by atoms with van der Waals surface area (Å²) in [5.41, 5.74) is 23.0. The fourth-order valence-corrected chi connectivity index (χ4v) is 16.2. The van der Waals surface area contributed by atoms with E-state index in [0.717, 1.165) is 143 Å². The van der Waals surface area contributed by atoms with Crippen LogP contribution < -0.4 is 0 Å². The molecule has 7 heteroatoms. The third-order valence-electron chi connectivity index (χ3n) is 21.9. The number of benzene rings is 18. The van der Waals surface area contributed by atoms with Gasteiger partial charge in [0.25, 0.3) is 0 Å². The maximum absolute atomic E-state index is 9.43. The molecule has 0 spiro atoms. The van der Waals surface area contributed by atoms with Crippen LogP contribution in [0.2, 0.25) is 0 Å². The lowest BCUT2D eigenvalue weighted by Crippen LogP contribution is -2.04. The average molecular weight is 1460 g/mol. The maximum atomic E-state index is 9.43. The van der Waals surface area contributed by atoms with Crippen molar-refractivity contribution in [3.8, 4) is 112 Å². The van der Waals surface area contributed by atoms with Gasteiger partial charge >= 0.3 is 0 Å². The minimum absolute atomic E-state index is 0.0362. The zero-order chi connectivity index (χ0) is 81.7. The molecule has 0 radical (unpaired) electrons. The van der Waals surface area contributed by atoms with Crippen molar-refractivity contribution in [1.82, 2.24) is 29.1 Å². The lowest BCUT2D eigenvalue weighted by molar-refractivity contribution is 1.01. The molecule has 0 aliphatic carbocycles. The van der Waals surface area contributed by atoms with Crippen molar-refractivity contribution in [2.75, 3.05) is 0 Å². The fourth-order valence-electron chi connectivity index (χ4n) is 16.2. The van der Waals surface area contributed by atoms with E-state index in [1.807, 2.05) is 102 Å². The molecule has 0 unspecified atom stereocenters. The minimum atomic E-state index is -0.515. The normalized spacial score (nSPS) is 12.4. The van der Waals surface area contributed by atoms with Gasteiger partial charge in [-0.2, -0.15) is 0 Å². The van der Waals surface area contributed by atoms with Gasteiger partial charge in [-0.15, -0.1) is 0 Å². The van der Waals surface area contributed by atoms with E-state index in [9.17, 15) is 2.74 Å². The molecule has 0 aliphatic rings. The van der Waals surface area contributed by atoms with Crippen molar-refractivity contribution in [2.45, 2.75) is 0 Å². The van der Waals surface area contributed by atoms with Gasteiger partial charge in [-0.25, -0.2) is 24.8 Å². The van der Waals surface area contributed by atoms with Crippen LogP contribution in [0.3, 0.4) is 0 Å². The van der Waals surface area contributed by atoms with Crippen molar-refractivity contribution < 1.29 is 9.60 Å². The summed E-state index contributed by atoms with van der Waals surface area (Å²) in [6.07, 6.45) is 0. The average Bonchev–Trinajstić information content (AvgIpc) is 1.69. The van der Waals surface area contributed by atoms with Crippen LogP contribution in [-0.4, -0.2) is 29.1 Å². The van der Waals surface area contributed by atoms with Crippen LogP contribution in [0.4, 0.5) is 5.69 Å². The van der Waals surface area contributed by atoms with Crippen molar-refractivity contribution in [3.63, 3.8) is 0 Å². The highest BCUT2D eigenvalue weighted by atomic mass is 15.2. The molecule has 0 N–H and O–H groups in total. The summed E-state index contributed by atoms with van der Waals surface area (Å²) in [5.74, 6) is 0.874. The highest BCUT2D eigenvalue weighted by Crippen LogP contribution is 2.43. The molecule has 0 saturated heterocycles. The van der Waals surface area contributed by atoms with E-state index in [0.29, 0.717) is 22.5 Å². The first kappa shape index (κ1) is 59.5. The van der Waals surface area contributed by atoms with Crippen molar-refractivity contribution in [3.05, 3.63) is 418 Å².